The maximum absolute atomic E-state index is 13.1. The zero-order valence-electron chi connectivity index (χ0n) is 13.8. The van der Waals surface area contributed by atoms with Gasteiger partial charge in [0.2, 0.25) is 5.91 Å². The summed E-state index contributed by atoms with van der Waals surface area (Å²) in [5, 5.41) is 6.06. The molecule has 0 saturated carbocycles. The van der Waals surface area contributed by atoms with E-state index in [2.05, 4.69) is 43.5 Å². The van der Waals surface area contributed by atoms with Crippen LogP contribution in [0.1, 0.15) is 37.3 Å². The topological polar surface area (TPSA) is 41.1 Å². The summed E-state index contributed by atoms with van der Waals surface area (Å²) in [5.41, 5.74) is 3.99. The fourth-order valence-electron chi connectivity index (χ4n) is 2.50. The van der Waals surface area contributed by atoms with Crippen LogP contribution in [-0.4, -0.2) is 12.5 Å². The maximum Gasteiger partial charge on any atom is 0.226 e. The number of carbonyl (C=O) groups excluding carboxylic acids is 1. The number of hydrogen-bond donors (Lipinski definition) is 2. The van der Waals surface area contributed by atoms with Crippen molar-refractivity contribution < 1.29 is 9.18 Å². The summed E-state index contributed by atoms with van der Waals surface area (Å²) in [4.78, 5) is 11.9. The van der Waals surface area contributed by atoms with Gasteiger partial charge in [0.15, 0.2) is 0 Å². The van der Waals surface area contributed by atoms with E-state index in [-0.39, 0.29) is 11.7 Å². The molecule has 2 rings (SSSR count). The molecule has 122 valence electrons. The fourth-order valence-corrected chi connectivity index (χ4v) is 2.50. The first kappa shape index (κ1) is 17.0. The number of hydrogen-bond acceptors (Lipinski definition) is 2. The van der Waals surface area contributed by atoms with Gasteiger partial charge in [-0.2, -0.15) is 0 Å². The van der Waals surface area contributed by atoms with Gasteiger partial charge in [-0.05, 0) is 42.2 Å². The number of rotatable bonds is 6. The third-order valence-electron chi connectivity index (χ3n) is 3.69. The second-order valence-corrected chi connectivity index (χ2v) is 5.93. The van der Waals surface area contributed by atoms with Gasteiger partial charge in [0, 0.05) is 24.3 Å². The Morgan fingerprint density at radius 2 is 1.91 bits per heavy atom. The average molecular weight is 314 g/mol. The molecule has 0 aliphatic carbocycles. The van der Waals surface area contributed by atoms with E-state index < -0.39 is 0 Å². The summed E-state index contributed by atoms with van der Waals surface area (Å²) < 4.78 is 13.1. The summed E-state index contributed by atoms with van der Waals surface area (Å²) >= 11 is 0. The molecule has 0 aliphatic rings. The smallest absolute Gasteiger partial charge is 0.226 e. The van der Waals surface area contributed by atoms with Crippen LogP contribution in [0.5, 0.6) is 0 Å². The predicted molar refractivity (Wildman–Crippen MR) is 93.4 cm³/mol. The Balaban J connectivity index is 1.91. The average Bonchev–Trinajstić information content (AvgIpc) is 2.48. The molecule has 0 aliphatic heterocycles. The molecule has 2 aromatic carbocycles. The molecule has 0 bridgehead atoms. The second-order valence-electron chi connectivity index (χ2n) is 5.93. The zero-order chi connectivity index (χ0) is 16.8. The van der Waals surface area contributed by atoms with Gasteiger partial charge in [0.1, 0.15) is 5.82 Å². The number of carbonyl (C=O) groups is 1. The first-order valence-electron chi connectivity index (χ1n) is 7.86. The fraction of sp³-hybridized carbons (Fsp3) is 0.316. The quantitative estimate of drug-likeness (QED) is 0.811. The van der Waals surface area contributed by atoms with E-state index in [4.69, 9.17) is 0 Å². The van der Waals surface area contributed by atoms with Crippen LogP contribution in [0.4, 0.5) is 15.8 Å². The van der Waals surface area contributed by atoms with Crippen LogP contribution in [0.15, 0.2) is 42.5 Å². The van der Waals surface area contributed by atoms with Crippen LogP contribution < -0.4 is 10.6 Å². The minimum atomic E-state index is -0.359. The minimum Gasteiger partial charge on any atom is -0.384 e. The molecule has 0 radical (unpaired) electrons. The molecule has 0 unspecified atom stereocenters. The van der Waals surface area contributed by atoms with Gasteiger partial charge in [-0.3, -0.25) is 4.79 Å². The van der Waals surface area contributed by atoms with E-state index in [0.717, 1.165) is 5.69 Å². The molecular formula is C19H23FN2O. The third kappa shape index (κ3) is 4.81. The minimum absolute atomic E-state index is 0.136. The predicted octanol–water partition coefficient (Wildman–Crippen LogP) is 4.70. The van der Waals surface area contributed by atoms with Gasteiger partial charge in [-0.1, -0.05) is 38.1 Å². The van der Waals surface area contributed by atoms with Crippen molar-refractivity contribution >= 4 is 17.3 Å². The molecule has 0 fully saturated rings. The van der Waals surface area contributed by atoms with E-state index in [9.17, 15) is 9.18 Å². The second kappa shape index (κ2) is 7.77. The first-order chi connectivity index (χ1) is 11.0. The molecule has 0 saturated heterocycles. The number of amides is 1. The van der Waals surface area contributed by atoms with E-state index in [0.29, 0.717) is 24.6 Å². The Labute approximate surface area is 136 Å². The SMILES string of the molecule is Cc1cccc(C(C)C)c1NCCC(=O)Nc1cccc(F)c1. The van der Waals surface area contributed by atoms with Crippen LogP contribution in [-0.2, 0) is 4.79 Å². The first-order valence-corrected chi connectivity index (χ1v) is 7.86. The van der Waals surface area contributed by atoms with Gasteiger partial charge < -0.3 is 10.6 Å². The lowest BCUT2D eigenvalue weighted by atomic mass is 9.98. The van der Waals surface area contributed by atoms with Gasteiger partial charge in [0.25, 0.3) is 0 Å². The van der Waals surface area contributed by atoms with E-state index in [1.807, 2.05) is 6.07 Å². The number of para-hydroxylation sites is 1. The molecule has 2 N–H and O–H groups in total. The number of benzene rings is 2. The largest absolute Gasteiger partial charge is 0.384 e. The van der Waals surface area contributed by atoms with Gasteiger partial charge >= 0.3 is 0 Å². The third-order valence-corrected chi connectivity index (χ3v) is 3.69. The Morgan fingerprint density at radius 1 is 1.17 bits per heavy atom. The summed E-state index contributed by atoms with van der Waals surface area (Å²) in [6.45, 7) is 6.89. The van der Waals surface area contributed by atoms with Crippen molar-refractivity contribution in [2.75, 3.05) is 17.2 Å². The lowest BCUT2D eigenvalue weighted by molar-refractivity contribution is -0.115. The Morgan fingerprint density at radius 3 is 2.61 bits per heavy atom. The molecule has 3 nitrogen and oxygen atoms in total. The lowest BCUT2D eigenvalue weighted by Crippen LogP contribution is -2.17. The monoisotopic (exact) mass is 314 g/mol. The van der Waals surface area contributed by atoms with Crippen LogP contribution in [0.3, 0.4) is 0 Å². The van der Waals surface area contributed by atoms with Crippen molar-refractivity contribution in [2.45, 2.75) is 33.1 Å². The molecular weight excluding hydrogens is 291 g/mol. The summed E-state index contributed by atoms with van der Waals surface area (Å²) in [5.74, 6) is -0.0799. The van der Waals surface area contributed by atoms with Crippen LogP contribution in [0, 0.1) is 12.7 Å². The zero-order valence-corrected chi connectivity index (χ0v) is 13.8. The number of nitrogens with one attached hydrogen (secondary N) is 2. The summed E-state index contributed by atoms with van der Waals surface area (Å²) in [7, 11) is 0. The molecule has 1 amide bonds. The van der Waals surface area contributed by atoms with E-state index in [1.165, 1.54) is 23.3 Å². The molecule has 0 aromatic heterocycles. The van der Waals surface area contributed by atoms with Crippen molar-refractivity contribution in [1.29, 1.82) is 0 Å². The van der Waals surface area contributed by atoms with Crippen molar-refractivity contribution in [2.24, 2.45) is 0 Å². The van der Waals surface area contributed by atoms with Crippen LogP contribution >= 0.6 is 0 Å². The van der Waals surface area contributed by atoms with Crippen LogP contribution in [0.2, 0.25) is 0 Å². The number of anilines is 2. The van der Waals surface area contributed by atoms with Crippen molar-refractivity contribution in [3.05, 3.63) is 59.4 Å². The number of aryl methyl sites for hydroxylation is 1. The van der Waals surface area contributed by atoms with E-state index in [1.54, 1.807) is 12.1 Å². The highest BCUT2D eigenvalue weighted by Crippen LogP contribution is 2.27. The molecule has 2 aromatic rings. The van der Waals surface area contributed by atoms with Gasteiger partial charge in [-0.25, -0.2) is 4.39 Å². The van der Waals surface area contributed by atoms with Crippen molar-refractivity contribution in [1.82, 2.24) is 0 Å². The van der Waals surface area contributed by atoms with E-state index >= 15 is 0 Å². The maximum atomic E-state index is 13.1. The van der Waals surface area contributed by atoms with Crippen molar-refractivity contribution in [3.63, 3.8) is 0 Å². The highest BCUT2D eigenvalue weighted by Gasteiger charge is 2.09. The Bertz CT molecular complexity index is 683. The Kier molecular flexibility index (Phi) is 5.74. The normalized spacial score (nSPS) is 10.7. The highest BCUT2D eigenvalue weighted by molar-refractivity contribution is 5.91. The van der Waals surface area contributed by atoms with Crippen LogP contribution in [0.25, 0.3) is 0 Å². The van der Waals surface area contributed by atoms with Crippen molar-refractivity contribution in [3.8, 4) is 0 Å². The molecule has 4 heteroatoms. The summed E-state index contributed by atoms with van der Waals surface area (Å²) in [6, 6.07) is 12.1. The Hall–Kier alpha value is -2.36. The standard InChI is InChI=1S/C19H23FN2O/c1-13(2)17-9-4-6-14(3)19(17)21-11-10-18(23)22-16-8-5-7-15(20)12-16/h4-9,12-13,21H,10-11H2,1-3H3,(H,22,23). The summed E-state index contributed by atoms with van der Waals surface area (Å²) in [6.07, 6.45) is 0.322. The highest BCUT2D eigenvalue weighted by atomic mass is 19.1. The molecule has 0 spiro atoms. The van der Waals surface area contributed by atoms with Gasteiger partial charge in [0.05, 0.1) is 0 Å². The lowest BCUT2D eigenvalue weighted by Gasteiger charge is -2.17. The molecule has 0 heterocycles. The van der Waals surface area contributed by atoms with Gasteiger partial charge in [-0.15, -0.1) is 0 Å². The molecule has 0 atom stereocenters. The number of halogens is 1. The molecule has 23 heavy (non-hydrogen) atoms.